The minimum absolute atomic E-state index is 0.126. The molecule has 0 saturated carbocycles. The molecule has 1 radical (unpaired) electrons. The van der Waals surface area contributed by atoms with Crippen molar-refractivity contribution in [3.8, 4) is 0 Å². The van der Waals surface area contributed by atoms with Gasteiger partial charge in [-0.05, 0) is 30.0 Å². The average molecular weight is 165 g/mol. The SMILES string of the molecule is CCCC(C)c1[c]cccc1F. The number of hydrogen-bond acceptors (Lipinski definition) is 0. The van der Waals surface area contributed by atoms with E-state index in [0.29, 0.717) is 0 Å². The van der Waals surface area contributed by atoms with Crippen LogP contribution >= 0.6 is 0 Å². The molecule has 1 unspecified atom stereocenters. The van der Waals surface area contributed by atoms with Gasteiger partial charge in [-0.15, -0.1) is 0 Å². The van der Waals surface area contributed by atoms with E-state index in [9.17, 15) is 4.39 Å². The van der Waals surface area contributed by atoms with Gasteiger partial charge >= 0.3 is 0 Å². The number of halogens is 1. The van der Waals surface area contributed by atoms with Gasteiger partial charge in [-0.1, -0.05) is 32.4 Å². The summed E-state index contributed by atoms with van der Waals surface area (Å²) in [5.74, 6) is 0.162. The molecule has 0 aliphatic carbocycles. The summed E-state index contributed by atoms with van der Waals surface area (Å²) >= 11 is 0. The molecule has 12 heavy (non-hydrogen) atoms. The molecule has 0 aliphatic rings. The van der Waals surface area contributed by atoms with Crippen LogP contribution in [0, 0.1) is 11.9 Å². The lowest BCUT2D eigenvalue weighted by atomic mass is 9.96. The van der Waals surface area contributed by atoms with E-state index in [1.807, 2.05) is 6.92 Å². The Kier molecular flexibility index (Phi) is 3.27. The quantitative estimate of drug-likeness (QED) is 0.642. The standard InChI is InChI=1S/C11H14F/c1-3-6-9(2)10-7-4-5-8-11(10)12/h4-5,8-9H,3,6H2,1-2H3. The van der Waals surface area contributed by atoms with Gasteiger partial charge in [0, 0.05) is 0 Å². The maximum absolute atomic E-state index is 13.1. The van der Waals surface area contributed by atoms with Crippen LogP contribution in [0.4, 0.5) is 4.39 Å². The zero-order valence-corrected chi connectivity index (χ0v) is 7.60. The van der Waals surface area contributed by atoms with E-state index in [1.54, 1.807) is 12.1 Å². The third-order valence-corrected chi connectivity index (χ3v) is 2.05. The Balaban J connectivity index is 2.79. The molecular weight excluding hydrogens is 151 g/mol. The zero-order chi connectivity index (χ0) is 8.97. The maximum atomic E-state index is 13.1. The van der Waals surface area contributed by atoms with Crippen LogP contribution in [0.15, 0.2) is 18.2 Å². The lowest BCUT2D eigenvalue weighted by Gasteiger charge is -2.10. The molecule has 1 aromatic carbocycles. The van der Waals surface area contributed by atoms with Crippen LogP contribution in [0.5, 0.6) is 0 Å². The summed E-state index contributed by atoms with van der Waals surface area (Å²) < 4.78 is 13.1. The molecule has 0 spiro atoms. The van der Waals surface area contributed by atoms with Crippen LogP contribution in [-0.4, -0.2) is 0 Å². The molecule has 0 heterocycles. The molecule has 0 bridgehead atoms. The average Bonchev–Trinajstić information content (AvgIpc) is 2.05. The second-order valence-electron chi connectivity index (χ2n) is 3.12. The molecule has 1 atom stereocenters. The van der Waals surface area contributed by atoms with Crippen molar-refractivity contribution in [3.63, 3.8) is 0 Å². The molecule has 0 aromatic heterocycles. The van der Waals surface area contributed by atoms with Gasteiger partial charge in [-0.2, -0.15) is 0 Å². The molecule has 0 amide bonds. The second kappa shape index (κ2) is 4.24. The van der Waals surface area contributed by atoms with Crippen LogP contribution in [0.1, 0.15) is 38.2 Å². The highest BCUT2D eigenvalue weighted by Gasteiger charge is 2.08. The van der Waals surface area contributed by atoms with Crippen molar-refractivity contribution in [1.82, 2.24) is 0 Å². The maximum Gasteiger partial charge on any atom is 0.127 e. The fraction of sp³-hybridized carbons (Fsp3) is 0.455. The Morgan fingerprint density at radius 3 is 2.92 bits per heavy atom. The Labute approximate surface area is 73.4 Å². The molecule has 65 valence electrons. The van der Waals surface area contributed by atoms with E-state index in [1.165, 1.54) is 6.07 Å². The minimum Gasteiger partial charge on any atom is -0.207 e. The lowest BCUT2D eigenvalue weighted by Crippen LogP contribution is -1.96. The fourth-order valence-corrected chi connectivity index (χ4v) is 1.38. The molecule has 0 nitrogen and oxygen atoms in total. The molecule has 0 N–H and O–H groups in total. The first-order valence-electron chi connectivity index (χ1n) is 4.41. The highest BCUT2D eigenvalue weighted by Crippen LogP contribution is 2.22. The van der Waals surface area contributed by atoms with Gasteiger partial charge < -0.3 is 0 Å². The summed E-state index contributed by atoms with van der Waals surface area (Å²) in [6, 6.07) is 7.89. The van der Waals surface area contributed by atoms with Gasteiger partial charge in [0.2, 0.25) is 0 Å². The smallest absolute Gasteiger partial charge is 0.127 e. The molecule has 1 heteroatoms. The van der Waals surface area contributed by atoms with Crippen molar-refractivity contribution in [3.05, 3.63) is 35.6 Å². The molecule has 0 fully saturated rings. The Morgan fingerprint density at radius 1 is 1.58 bits per heavy atom. The first-order chi connectivity index (χ1) is 5.75. The van der Waals surface area contributed by atoms with Gasteiger partial charge in [-0.3, -0.25) is 0 Å². The third-order valence-electron chi connectivity index (χ3n) is 2.05. The summed E-state index contributed by atoms with van der Waals surface area (Å²) in [5, 5.41) is 0. The monoisotopic (exact) mass is 165 g/mol. The largest absolute Gasteiger partial charge is 0.207 e. The van der Waals surface area contributed by atoms with Crippen molar-refractivity contribution in [2.24, 2.45) is 0 Å². The van der Waals surface area contributed by atoms with Crippen molar-refractivity contribution >= 4 is 0 Å². The Morgan fingerprint density at radius 2 is 2.33 bits per heavy atom. The summed E-state index contributed by atoms with van der Waals surface area (Å²) in [7, 11) is 0. The van der Waals surface area contributed by atoms with Gasteiger partial charge in [0.25, 0.3) is 0 Å². The molecule has 1 rings (SSSR count). The van der Waals surface area contributed by atoms with Crippen molar-refractivity contribution in [2.45, 2.75) is 32.6 Å². The summed E-state index contributed by atoms with van der Waals surface area (Å²) in [5.41, 5.74) is 0.722. The van der Waals surface area contributed by atoms with Crippen LogP contribution in [0.2, 0.25) is 0 Å². The van der Waals surface area contributed by atoms with Gasteiger partial charge in [0.15, 0.2) is 0 Å². The summed E-state index contributed by atoms with van der Waals surface area (Å²) in [6.45, 7) is 4.15. The van der Waals surface area contributed by atoms with Crippen molar-refractivity contribution in [1.29, 1.82) is 0 Å². The van der Waals surface area contributed by atoms with Crippen molar-refractivity contribution < 1.29 is 4.39 Å². The normalized spacial score (nSPS) is 12.9. The Hall–Kier alpha value is -0.850. The third kappa shape index (κ3) is 2.07. The van der Waals surface area contributed by atoms with E-state index < -0.39 is 0 Å². The van der Waals surface area contributed by atoms with E-state index in [2.05, 4.69) is 13.0 Å². The second-order valence-corrected chi connectivity index (χ2v) is 3.12. The highest BCUT2D eigenvalue weighted by atomic mass is 19.1. The first-order valence-corrected chi connectivity index (χ1v) is 4.41. The Bertz CT molecular complexity index is 243. The van der Waals surface area contributed by atoms with Gasteiger partial charge in [0.05, 0.1) is 0 Å². The van der Waals surface area contributed by atoms with E-state index in [0.717, 1.165) is 18.4 Å². The molecule has 0 aliphatic heterocycles. The highest BCUT2D eigenvalue weighted by molar-refractivity contribution is 5.19. The number of rotatable bonds is 3. The van der Waals surface area contributed by atoms with Crippen LogP contribution < -0.4 is 0 Å². The predicted molar refractivity (Wildman–Crippen MR) is 48.6 cm³/mol. The molecular formula is C11H14F. The zero-order valence-electron chi connectivity index (χ0n) is 7.60. The van der Waals surface area contributed by atoms with E-state index in [4.69, 9.17) is 0 Å². The van der Waals surface area contributed by atoms with Crippen LogP contribution in [0.25, 0.3) is 0 Å². The van der Waals surface area contributed by atoms with Gasteiger partial charge in [-0.25, -0.2) is 4.39 Å². The van der Waals surface area contributed by atoms with E-state index >= 15 is 0 Å². The van der Waals surface area contributed by atoms with Crippen LogP contribution in [-0.2, 0) is 0 Å². The predicted octanol–water partition coefficient (Wildman–Crippen LogP) is 3.53. The number of hydrogen-bond donors (Lipinski definition) is 0. The summed E-state index contributed by atoms with van der Waals surface area (Å²) in [4.78, 5) is 0. The topological polar surface area (TPSA) is 0 Å². The molecule has 1 aromatic rings. The van der Waals surface area contributed by atoms with Gasteiger partial charge in [0.1, 0.15) is 5.82 Å². The first kappa shape index (κ1) is 9.24. The summed E-state index contributed by atoms with van der Waals surface area (Å²) in [6.07, 6.45) is 2.11. The minimum atomic E-state index is -0.126. The fourth-order valence-electron chi connectivity index (χ4n) is 1.38. The van der Waals surface area contributed by atoms with Crippen molar-refractivity contribution in [2.75, 3.05) is 0 Å². The molecule has 0 saturated heterocycles. The van der Waals surface area contributed by atoms with Crippen LogP contribution in [0.3, 0.4) is 0 Å². The van der Waals surface area contributed by atoms with E-state index in [-0.39, 0.29) is 11.7 Å². The number of benzene rings is 1. The lowest BCUT2D eigenvalue weighted by molar-refractivity contribution is 0.570.